The van der Waals surface area contributed by atoms with Gasteiger partial charge in [-0.1, -0.05) is 31.9 Å². The number of fused-ring (bicyclic) bond motifs is 1. The van der Waals surface area contributed by atoms with Crippen LogP contribution in [-0.4, -0.2) is 39.2 Å². The lowest BCUT2D eigenvalue weighted by atomic mass is 9.99. The monoisotopic (exact) mass is 440 g/mol. The third kappa shape index (κ3) is 5.26. The van der Waals surface area contributed by atoms with Gasteiger partial charge >= 0.3 is 0 Å². The number of pyridine rings is 1. The average Bonchev–Trinajstić information content (AvgIpc) is 3.09. The fourth-order valence-electron chi connectivity index (χ4n) is 4.15. The normalized spacial score (nSPS) is 11.2. The number of aryl methyl sites for hydroxylation is 3. The summed E-state index contributed by atoms with van der Waals surface area (Å²) in [7, 11) is 3.46. The molecule has 0 N–H and O–H groups in total. The highest BCUT2D eigenvalue weighted by Gasteiger charge is 2.20. The first-order chi connectivity index (χ1) is 15.3. The summed E-state index contributed by atoms with van der Waals surface area (Å²) in [6.45, 7) is 7.36. The number of carbonyl (C=O) groups excluding carboxylic acids is 1. The summed E-state index contributed by atoms with van der Waals surface area (Å²) in [5.41, 5.74) is 4.74. The van der Waals surface area contributed by atoms with Crippen molar-refractivity contribution in [1.82, 2.24) is 19.7 Å². The number of unbranched alkanes of at least 4 members (excludes halogenated alkanes) is 2. The number of methoxy groups -OCH3 is 1. The summed E-state index contributed by atoms with van der Waals surface area (Å²) < 4.78 is 20.4. The Morgan fingerprint density at radius 3 is 2.56 bits per heavy atom. The Bertz CT molecular complexity index is 1080. The largest absolute Gasteiger partial charge is 0.479 e. The summed E-state index contributed by atoms with van der Waals surface area (Å²) >= 11 is 0. The van der Waals surface area contributed by atoms with Crippen molar-refractivity contribution in [2.24, 2.45) is 7.05 Å². The van der Waals surface area contributed by atoms with E-state index in [0.29, 0.717) is 31.8 Å². The zero-order chi connectivity index (χ0) is 23.3. The van der Waals surface area contributed by atoms with Gasteiger partial charge in [-0.25, -0.2) is 14.1 Å². The van der Waals surface area contributed by atoms with E-state index in [1.54, 1.807) is 23.9 Å². The van der Waals surface area contributed by atoms with Crippen LogP contribution in [0.1, 0.15) is 55.0 Å². The van der Waals surface area contributed by atoms with Crippen molar-refractivity contribution >= 4 is 16.9 Å². The minimum Gasteiger partial charge on any atom is -0.479 e. The van der Waals surface area contributed by atoms with Crippen molar-refractivity contribution in [2.45, 2.75) is 59.4 Å². The molecular formula is C25H33FN4O2. The van der Waals surface area contributed by atoms with E-state index in [9.17, 15) is 9.18 Å². The fourth-order valence-corrected chi connectivity index (χ4v) is 4.15. The topological polar surface area (TPSA) is 60.3 Å². The maximum Gasteiger partial charge on any atom is 0.242 e. The van der Waals surface area contributed by atoms with Crippen molar-refractivity contribution in [3.8, 4) is 5.88 Å². The van der Waals surface area contributed by atoms with Crippen molar-refractivity contribution in [3.05, 3.63) is 52.5 Å². The first kappa shape index (κ1) is 23.7. The van der Waals surface area contributed by atoms with E-state index in [1.807, 2.05) is 25.8 Å². The van der Waals surface area contributed by atoms with Crippen molar-refractivity contribution in [3.63, 3.8) is 0 Å². The van der Waals surface area contributed by atoms with E-state index in [2.05, 4.69) is 12.0 Å². The number of rotatable bonds is 10. The molecular weight excluding hydrogens is 407 g/mol. The second kappa shape index (κ2) is 10.6. The van der Waals surface area contributed by atoms with Gasteiger partial charge in [-0.3, -0.25) is 4.79 Å². The fraction of sp³-hybridized carbons (Fsp3) is 0.480. The lowest BCUT2D eigenvalue weighted by molar-refractivity contribution is -0.131. The highest BCUT2D eigenvalue weighted by molar-refractivity contribution is 5.86. The highest BCUT2D eigenvalue weighted by atomic mass is 19.1. The van der Waals surface area contributed by atoms with E-state index >= 15 is 0 Å². The second-order valence-corrected chi connectivity index (χ2v) is 8.28. The van der Waals surface area contributed by atoms with Crippen LogP contribution >= 0.6 is 0 Å². The van der Waals surface area contributed by atoms with Gasteiger partial charge in [0, 0.05) is 32.3 Å². The van der Waals surface area contributed by atoms with Crippen molar-refractivity contribution in [2.75, 3.05) is 13.7 Å². The molecule has 0 atom stereocenters. The molecule has 0 aliphatic rings. The van der Waals surface area contributed by atoms with E-state index in [4.69, 9.17) is 9.72 Å². The van der Waals surface area contributed by atoms with Gasteiger partial charge in [-0.05, 0) is 55.5 Å². The smallest absolute Gasteiger partial charge is 0.242 e. The number of aromatic nitrogens is 3. The van der Waals surface area contributed by atoms with Crippen LogP contribution in [0.3, 0.4) is 0 Å². The van der Waals surface area contributed by atoms with Gasteiger partial charge in [0.2, 0.25) is 11.8 Å². The Morgan fingerprint density at radius 1 is 1.19 bits per heavy atom. The molecule has 0 bridgehead atoms. The molecule has 6 nitrogen and oxygen atoms in total. The first-order valence-electron chi connectivity index (χ1n) is 11.2. The highest BCUT2D eigenvalue weighted by Crippen LogP contribution is 2.30. The van der Waals surface area contributed by atoms with E-state index in [0.717, 1.165) is 52.7 Å². The lowest BCUT2D eigenvalue weighted by Gasteiger charge is -2.23. The molecule has 0 saturated carbocycles. The van der Waals surface area contributed by atoms with Gasteiger partial charge in [0.1, 0.15) is 5.82 Å². The molecule has 0 aliphatic heterocycles. The Kier molecular flexibility index (Phi) is 7.83. The molecule has 3 rings (SSSR count). The number of amides is 1. The van der Waals surface area contributed by atoms with Crippen molar-refractivity contribution in [1.29, 1.82) is 0 Å². The van der Waals surface area contributed by atoms with Crippen LogP contribution in [0.4, 0.5) is 4.39 Å². The molecule has 7 heteroatoms. The molecule has 1 aromatic carbocycles. The molecule has 32 heavy (non-hydrogen) atoms. The van der Waals surface area contributed by atoms with Crippen LogP contribution in [0.25, 0.3) is 11.0 Å². The molecule has 0 unspecified atom stereocenters. The summed E-state index contributed by atoms with van der Waals surface area (Å²) in [5, 5.41) is 5.30. The van der Waals surface area contributed by atoms with Gasteiger partial charge in [0.15, 0.2) is 5.65 Å². The summed E-state index contributed by atoms with van der Waals surface area (Å²) in [6.07, 6.45) is 4.13. The molecule has 2 aromatic heterocycles. The maximum atomic E-state index is 13.3. The second-order valence-electron chi connectivity index (χ2n) is 8.28. The van der Waals surface area contributed by atoms with Crippen LogP contribution < -0.4 is 4.74 Å². The minimum absolute atomic E-state index is 0.0995. The predicted octanol–water partition coefficient (Wildman–Crippen LogP) is 4.88. The Labute approximate surface area is 189 Å². The molecule has 0 fully saturated rings. The molecule has 0 saturated heterocycles. The third-order valence-electron chi connectivity index (χ3n) is 5.98. The molecule has 3 aromatic rings. The van der Waals surface area contributed by atoms with Crippen LogP contribution in [0.2, 0.25) is 0 Å². The van der Waals surface area contributed by atoms with E-state index < -0.39 is 0 Å². The third-order valence-corrected chi connectivity index (χ3v) is 5.98. The number of carbonyl (C=O) groups is 1. The lowest BCUT2D eigenvalue weighted by Crippen LogP contribution is -2.31. The number of benzene rings is 1. The number of halogens is 1. The molecule has 172 valence electrons. The molecule has 0 spiro atoms. The maximum absolute atomic E-state index is 13.3. The summed E-state index contributed by atoms with van der Waals surface area (Å²) in [4.78, 5) is 19.8. The van der Waals surface area contributed by atoms with Crippen LogP contribution in [0.15, 0.2) is 24.3 Å². The zero-order valence-corrected chi connectivity index (χ0v) is 19.7. The average molecular weight is 441 g/mol. The van der Waals surface area contributed by atoms with Crippen LogP contribution in [0, 0.1) is 19.7 Å². The number of nitrogens with zero attached hydrogens (tertiary/aromatic N) is 4. The van der Waals surface area contributed by atoms with Gasteiger partial charge in [0.05, 0.1) is 12.5 Å². The number of ether oxygens (including phenoxy) is 1. The van der Waals surface area contributed by atoms with Gasteiger partial charge < -0.3 is 9.64 Å². The first-order valence-corrected chi connectivity index (χ1v) is 11.2. The molecule has 0 radical (unpaired) electrons. The quantitative estimate of drug-likeness (QED) is 0.422. The van der Waals surface area contributed by atoms with Crippen molar-refractivity contribution < 1.29 is 13.9 Å². The Morgan fingerprint density at radius 2 is 1.91 bits per heavy atom. The Balaban J connectivity index is 1.78. The minimum atomic E-state index is -0.266. The van der Waals surface area contributed by atoms with E-state index in [1.165, 1.54) is 12.1 Å². The summed E-state index contributed by atoms with van der Waals surface area (Å²) in [6, 6.07) is 6.38. The Hall–Kier alpha value is -2.96. The molecule has 2 heterocycles. The zero-order valence-electron chi connectivity index (χ0n) is 19.7. The van der Waals surface area contributed by atoms with Gasteiger partial charge in [0.25, 0.3) is 0 Å². The number of hydrogen-bond donors (Lipinski definition) is 0. The van der Waals surface area contributed by atoms with Crippen LogP contribution in [-0.2, 0) is 24.8 Å². The van der Waals surface area contributed by atoms with Gasteiger partial charge in [-0.15, -0.1) is 5.10 Å². The molecule has 1 amide bonds. The SMILES string of the molecule is CCCCCN(Cc1ccc(F)cc1)C(=O)CCc1c(C)nc2c(c(OC)nn2C)c1C. The van der Waals surface area contributed by atoms with Gasteiger partial charge in [-0.2, -0.15) is 0 Å². The number of hydrogen-bond acceptors (Lipinski definition) is 4. The predicted molar refractivity (Wildman–Crippen MR) is 124 cm³/mol. The van der Waals surface area contributed by atoms with E-state index in [-0.39, 0.29) is 11.7 Å². The standard InChI is InChI=1S/C25H33FN4O2/c1-6-7-8-15-30(16-19-9-11-20(26)12-10-19)22(31)14-13-21-17(2)23-24(27-18(21)3)29(4)28-25(23)32-5/h9-12H,6-8,13-16H2,1-5H3. The summed E-state index contributed by atoms with van der Waals surface area (Å²) in [5.74, 6) is 0.386. The van der Waals surface area contributed by atoms with Crippen LogP contribution in [0.5, 0.6) is 5.88 Å². The molecule has 0 aliphatic carbocycles.